The molecule has 0 N–H and O–H groups in total. The molecular weight excluding hydrogens is 220 g/mol. The van der Waals surface area contributed by atoms with Crippen molar-refractivity contribution in [3.8, 4) is 17.0 Å². The molecule has 0 aliphatic carbocycles. The zero-order valence-electron chi connectivity index (χ0n) is 7.40. The van der Waals surface area contributed by atoms with Crippen molar-refractivity contribution in [2.24, 2.45) is 0 Å². The average Bonchev–Trinajstić information content (AvgIpc) is 2.70. The van der Waals surface area contributed by atoms with E-state index in [2.05, 4.69) is 9.97 Å². The van der Waals surface area contributed by atoms with Crippen molar-refractivity contribution in [1.29, 1.82) is 0 Å². The standard InChI is InChI=1S/C9H7ClN2OS/c1-13-8-7(6-2-3-14-4-6)11-5-12-9(8)10/h2-5H,1H3. The molecule has 0 aliphatic rings. The lowest BCUT2D eigenvalue weighted by molar-refractivity contribution is 0.413. The third-order valence-corrected chi connectivity index (χ3v) is 2.71. The molecule has 72 valence electrons. The molecule has 3 nitrogen and oxygen atoms in total. The molecule has 0 atom stereocenters. The molecule has 0 aliphatic heterocycles. The normalized spacial score (nSPS) is 10.1. The average molecular weight is 227 g/mol. The second kappa shape index (κ2) is 3.94. The molecule has 2 heterocycles. The maximum Gasteiger partial charge on any atom is 0.182 e. The van der Waals surface area contributed by atoms with Crippen molar-refractivity contribution in [3.63, 3.8) is 0 Å². The van der Waals surface area contributed by atoms with E-state index in [4.69, 9.17) is 16.3 Å². The molecule has 0 saturated carbocycles. The fraction of sp³-hybridized carbons (Fsp3) is 0.111. The van der Waals surface area contributed by atoms with Gasteiger partial charge in [-0.1, -0.05) is 11.6 Å². The number of halogens is 1. The number of aromatic nitrogens is 2. The van der Waals surface area contributed by atoms with Crippen LogP contribution in [0.1, 0.15) is 0 Å². The zero-order chi connectivity index (χ0) is 9.97. The number of ether oxygens (including phenoxy) is 1. The minimum atomic E-state index is 0.337. The fourth-order valence-electron chi connectivity index (χ4n) is 1.14. The van der Waals surface area contributed by atoms with E-state index in [-0.39, 0.29) is 0 Å². The van der Waals surface area contributed by atoms with Gasteiger partial charge in [0, 0.05) is 10.9 Å². The lowest BCUT2D eigenvalue weighted by Crippen LogP contribution is -1.93. The van der Waals surface area contributed by atoms with Crippen LogP contribution >= 0.6 is 22.9 Å². The summed E-state index contributed by atoms with van der Waals surface area (Å²) in [5.41, 5.74) is 1.73. The highest BCUT2D eigenvalue weighted by Crippen LogP contribution is 2.33. The van der Waals surface area contributed by atoms with E-state index in [0.29, 0.717) is 10.9 Å². The van der Waals surface area contributed by atoms with Gasteiger partial charge < -0.3 is 4.74 Å². The molecule has 0 unspecified atom stereocenters. The molecule has 0 saturated heterocycles. The highest BCUT2D eigenvalue weighted by atomic mass is 35.5. The Labute approximate surface area is 90.3 Å². The van der Waals surface area contributed by atoms with Crippen molar-refractivity contribution < 1.29 is 4.74 Å². The van der Waals surface area contributed by atoms with Gasteiger partial charge in [0.25, 0.3) is 0 Å². The van der Waals surface area contributed by atoms with Gasteiger partial charge in [0.1, 0.15) is 12.0 Å². The molecule has 0 spiro atoms. The van der Waals surface area contributed by atoms with E-state index in [1.54, 1.807) is 18.4 Å². The van der Waals surface area contributed by atoms with Crippen molar-refractivity contribution in [2.45, 2.75) is 0 Å². The van der Waals surface area contributed by atoms with Gasteiger partial charge in [-0.25, -0.2) is 9.97 Å². The van der Waals surface area contributed by atoms with Crippen LogP contribution < -0.4 is 4.74 Å². The molecule has 5 heteroatoms. The largest absolute Gasteiger partial charge is 0.491 e. The second-order valence-corrected chi connectivity index (χ2v) is 3.70. The number of methoxy groups -OCH3 is 1. The Kier molecular flexibility index (Phi) is 2.65. The van der Waals surface area contributed by atoms with Crippen LogP contribution in [0.15, 0.2) is 23.2 Å². The SMILES string of the molecule is COc1c(Cl)ncnc1-c1ccsc1. The Bertz CT molecular complexity index is 430. The Morgan fingerprint density at radius 3 is 2.93 bits per heavy atom. The first-order chi connectivity index (χ1) is 6.83. The first kappa shape index (κ1) is 9.43. The van der Waals surface area contributed by atoms with Gasteiger partial charge in [-0.2, -0.15) is 11.3 Å². The zero-order valence-corrected chi connectivity index (χ0v) is 8.97. The number of nitrogens with zero attached hydrogens (tertiary/aromatic N) is 2. The Morgan fingerprint density at radius 2 is 2.29 bits per heavy atom. The van der Waals surface area contributed by atoms with Gasteiger partial charge in [0.05, 0.1) is 7.11 Å². The highest BCUT2D eigenvalue weighted by molar-refractivity contribution is 7.08. The van der Waals surface area contributed by atoms with Crippen molar-refractivity contribution in [3.05, 3.63) is 28.3 Å². The summed E-state index contributed by atoms with van der Waals surface area (Å²) >= 11 is 7.47. The predicted octanol–water partition coefficient (Wildman–Crippen LogP) is 2.87. The topological polar surface area (TPSA) is 35.0 Å². The van der Waals surface area contributed by atoms with Crippen LogP contribution in [0.2, 0.25) is 5.15 Å². The molecule has 2 rings (SSSR count). The molecule has 0 bridgehead atoms. The third-order valence-electron chi connectivity index (χ3n) is 1.76. The minimum Gasteiger partial charge on any atom is -0.491 e. The lowest BCUT2D eigenvalue weighted by Gasteiger charge is -2.05. The molecule has 0 amide bonds. The van der Waals surface area contributed by atoms with E-state index in [0.717, 1.165) is 11.3 Å². The van der Waals surface area contributed by atoms with E-state index in [9.17, 15) is 0 Å². The summed E-state index contributed by atoms with van der Waals surface area (Å²) in [4.78, 5) is 7.99. The first-order valence-electron chi connectivity index (χ1n) is 3.90. The summed E-state index contributed by atoms with van der Waals surface area (Å²) in [6.45, 7) is 0. The molecule has 14 heavy (non-hydrogen) atoms. The summed E-state index contributed by atoms with van der Waals surface area (Å²) in [7, 11) is 1.56. The quantitative estimate of drug-likeness (QED) is 0.739. The van der Waals surface area contributed by atoms with Gasteiger partial charge in [-0.15, -0.1) is 0 Å². The van der Waals surface area contributed by atoms with Crippen molar-refractivity contribution in [1.82, 2.24) is 9.97 Å². The first-order valence-corrected chi connectivity index (χ1v) is 5.22. The Balaban J connectivity index is 2.58. The van der Waals surface area contributed by atoms with E-state index in [1.807, 2.05) is 16.8 Å². The Morgan fingerprint density at radius 1 is 1.43 bits per heavy atom. The van der Waals surface area contributed by atoms with E-state index < -0.39 is 0 Å². The molecule has 0 radical (unpaired) electrons. The van der Waals surface area contributed by atoms with E-state index in [1.165, 1.54) is 6.33 Å². The maximum absolute atomic E-state index is 5.87. The summed E-state index contributed by atoms with van der Waals surface area (Å²) in [6, 6.07) is 1.96. The molecule has 0 aromatic carbocycles. The van der Waals surface area contributed by atoms with Crippen LogP contribution in [0.4, 0.5) is 0 Å². The highest BCUT2D eigenvalue weighted by Gasteiger charge is 2.11. The van der Waals surface area contributed by atoms with Crippen LogP contribution in [0, 0.1) is 0 Å². The summed E-state index contributed by atoms with van der Waals surface area (Å²) < 4.78 is 5.15. The van der Waals surface area contributed by atoms with Gasteiger partial charge in [0.15, 0.2) is 10.9 Å². The van der Waals surface area contributed by atoms with Crippen LogP contribution in [0.3, 0.4) is 0 Å². The Hall–Kier alpha value is -1.13. The van der Waals surface area contributed by atoms with Crippen LogP contribution in [0.5, 0.6) is 5.75 Å². The summed E-state index contributed by atoms with van der Waals surface area (Å²) in [5, 5.41) is 4.30. The molecule has 0 fully saturated rings. The van der Waals surface area contributed by atoms with Crippen molar-refractivity contribution in [2.75, 3.05) is 7.11 Å². The summed E-state index contributed by atoms with van der Waals surface area (Å²) in [6.07, 6.45) is 1.43. The smallest absolute Gasteiger partial charge is 0.182 e. The van der Waals surface area contributed by atoms with Crippen LogP contribution in [0.25, 0.3) is 11.3 Å². The molecule has 2 aromatic heterocycles. The van der Waals surface area contributed by atoms with Gasteiger partial charge in [0.2, 0.25) is 0 Å². The van der Waals surface area contributed by atoms with Crippen LogP contribution in [-0.4, -0.2) is 17.1 Å². The number of thiophene rings is 1. The third kappa shape index (κ3) is 1.58. The van der Waals surface area contributed by atoms with Gasteiger partial charge in [-0.3, -0.25) is 0 Å². The van der Waals surface area contributed by atoms with E-state index >= 15 is 0 Å². The fourth-order valence-corrected chi connectivity index (χ4v) is 1.99. The number of hydrogen-bond donors (Lipinski definition) is 0. The monoisotopic (exact) mass is 226 g/mol. The van der Waals surface area contributed by atoms with Crippen LogP contribution in [-0.2, 0) is 0 Å². The molecular formula is C9H7ClN2OS. The maximum atomic E-state index is 5.87. The van der Waals surface area contributed by atoms with Crippen molar-refractivity contribution >= 4 is 22.9 Å². The second-order valence-electron chi connectivity index (χ2n) is 2.56. The minimum absolute atomic E-state index is 0.337. The molecule has 2 aromatic rings. The lowest BCUT2D eigenvalue weighted by atomic mass is 10.2. The number of rotatable bonds is 2. The summed E-state index contributed by atoms with van der Waals surface area (Å²) in [5.74, 6) is 0.521. The van der Waals surface area contributed by atoms with Gasteiger partial charge in [-0.05, 0) is 11.4 Å². The predicted molar refractivity (Wildman–Crippen MR) is 56.9 cm³/mol. The number of hydrogen-bond acceptors (Lipinski definition) is 4. The van der Waals surface area contributed by atoms with Gasteiger partial charge >= 0.3 is 0 Å².